The molecule has 0 spiro atoms. The molecule has 0 fully saturated rings. The summed E-state index contributed by atoms with van der Waals surface area (Å²) in [6.07, 6.45) is -0.0942. The van der Waals surface area contributed by atoms with Crippen molar-refractivity contribution in [2.45, 2.75) is 25.9 Å². The highest BCUT2D eigenvalue weighted by Crippen LogP contribution is 2.18. The van der Waals surface area contributed by atoms with Crippen molar-refractivity contribution in [3.05, 3.63) is 29.8 Å². The van der Waals surface area contributed by atoms with Crippen LogP contribution in [0.3, 0.4) is 0 Å². The summed E-state index contributed by atoms with van der Waals surface area (Å²) in [4.78, 5) is 0. The van der Waals surface area contributed by atoms with Crippen LogP contribution in [-0.2, 0) is 15.2 Å². The van der Waals surface area contributed by atoms with Crippen LogP contribution >= 0.6 is 11.8 Å². The Kier molecular flexibility index (Phi) is 7.89. The number of hydrogen-bond acceptors (Lipinski definition) is 4. The van der Waals surface area contributed by atoms with Crippen LogP contribution in [0.15, 0.2) is 24.3 Å². The van der Waals surface area contributed by atoms with Gasteiger partial charge < -0.3 is 14.2 Å². The molecule has 0 saturated heterocycles. The minimum Gasteiger partial charge on any atom is -0.497 e. The average Bonchev–Trinajstić information content (AvgIpc) is 2.40. The van der Waals surface area contributed by atoms with Gasteiger partial charge in [0, 0.05) is 24.7 Å². The molecule has 1 aromatic carbocycles. The third-order valence-electron chi connectivity index (χ3n) is 2.39. The molecular weight excluding hydrogens is 248 g/mol. The van der Waals surface area contributed by atoms with Gasteiger partial charge in [-0.1, -0.05) is 12.1 Å². The Morgan fingerprint density at radius 1 is 1.06 bits per heavy atom. The second-order valence-electron chi connectivity index (χ2n) is 3.70. The molecule has 0 radical (unpaired) electrons. The first-order valence-electron chi connectivity index (χ1n) is 6.24. The van der Waals surface area contributed by atoms with Crippen LogP contribution in [0.5, 0.6) is 5.75 Å². The van der Waals surface area contributed by atoms with E-state index in [0.717, 1.165) is 17.3 Å². The van der Waals surface area contributed by atoms with Crippen molar-refractivity contribution in [1.82, 2.24) is 0 Å². The molecule has 1 aromatic rings. The predicted molar refractivity (Wildman–Crippen MR) is 76.2 cm³/mol. The maximum absolute atomic E-state index is 5.49. The van der Waals surface area contributed by atoms with Crippen LogP contribution in [0, 0.1) is 0 Å². The van der Waals surface area contributed by atoms with Gasteiger partial charge in [-0.3, -0.25) is 0 Å². The number of hydrogen-bond donors (Lipinski definition) is 0. The maximum atomic E-state index is 5.49. The summed E-state index contributed by atoms with van der Waals surface area (Å²) >= 11 is 1.82. The topological polar surface area (TPSA) is 27.7 Å². The molecule has 0 aromatic heterocycles. The van der Waals surface area contributed by atoms with Crippen molar-refractivity contribution in [2.75, 3.05) is 26.1 Å². The maximum Gasteiger partial charge on any atom is 0.166 e. The van der Waals surface area contributed by atoms with E-state index in [1.54, 1.807) is 7.11 Å². The lowest BCUT2D eigenvalue weighted by Gasteiger charge is -2.16. The van der Waals surface area contributed by atoms with Gasteiger partial charge in [-0.2, -0.15) is 11.8 Å². The Labute approximate surface area is 114 Å². The smallest absolute Gasteiger partial charge is 0.166 e. The van der Waals surface area contributed by atoms with Crippen molar-refractivity contribution in [3.8, 4) is 5.75 Å². The van der Waals surface area contributed by atoms with E-state index in [1.165, 1.54) is 5.56 Å². The monoisotopic (exact) mass is 270 g/mol. The van der Waals surface area contributed by atoms with Gasteiger partial charge in [-0.05, 0) is 31.5 Å². The number of ether oxygens (including phenoxy) is 3. The molecule has 4 heteroatoms. The number of rotatable bonds is 9. The van der Waals surface area contributed by atoms with E-state index in [0.29, 0.717) is 13.2 Å². The fourth-order valence-electron chi connectivity index (χ4n) is 1.51. The predicted octanol–water partition coefficient (Wildman–Crippen LogP) is 3.33. The summed E-state index contributed by atoms with van der Waals surface area (Å²) in [6.45, 7) is 5.35. The molecule has 0 heterocycles. The molecule has 18 heavy (non-hydrogen) atoms. The molecule has 1 rings (SSSR count). The number of thioether (sulfide) groups is 1. The SMILES string of the molecule is CCOC(CSCc1ccc(OC)cc1)OCC. The molecule has 102 valence electrons. The van der Waals surface area contributed by atoms with Gasteiger partial charge in [-0.25, -0.2) is 0 Å². The lowest BCUT2D eigenvalue weighted by Crippen LogP contribution is -2.20. The molecule has 0 aliphatic heterocycles. The van der Waals surface area contributed by atoms with Gasteiger partial charge in [0.25, 0.3) is 0 Å². The van der Waals surface area contributed by atoms with Crippen molar-refractivity contribution >= 4 is 11.8 Å². The Bertz CT molecular complexity index is 307. The molecule has 0 unspecified atom stereocenters. The van der Waals surface area contributed by atoms with Gasteiger partial charge in [0.2, 0.25) is 0 Å². The Balaban J connectivity index is 2.30. The molecule has 0 N–H and O–H groups in total. The normalized spacial score (nSPS) is 10.9. The summed E-state index contributed by atoms with van der Waals surface area (Å²) in [6, 6.07) is 8.14. The first-order chi connectivity index (χ1) is 8.80. The van der Waals surface area contributed by atoms with E-state index in [4.69, 9.17) is 14.2 Å². The molecule has 3 nitrogen and oxygen atoms in total. The van der Waals surface area contributed by atoms with Crippen molar-refractivity contribution < 1.29 is 14.2 Å². The standard InChI is InChI=1S/C14H22O3S/c1-4-16-14(17-5-2)11-18-10-12-6-8-13(15-3)9-7-12/h6-9,14H,4-5,10-11H2,1-3H3. The van der Waals surface area contributed by atoms with Crippen LogP contribution in [0.25, 0.3) is 0 Å². The molecule has 0 aliphatic carbocycles. The van der Waals surface area contributed by atoms with Crippen molar-refractivity contribution in [3.63, 3.8) is 0 Å². The fourth-order valence-corrected chi connectivity index (χ4v) is 2.44. The van der Waals surface area contributed by atoms with Crippen molar-refractivity contribution in [2.24, 2.45) is 0 Å². The number of benzene rings is 1. The van der Waals surface area contributed by atoms with Crippen LogP contribution in [0.2, 0.25) is 0 Å². The third-order valence-corrected chi connectivity index (χ3v) is 3.43. The summed E-state index contributed by atoms with van der Waals surface area (Å²) in [7, 11) is 1.68. The summed E-state index contributed by atoms with van der Waals surface area (Å²) in [5.74, 6) is 2.71. The number of methoxy groups -OCH3 is 1. The van der Waals surface area contributed by atoms with E-state index >= 15 is 0 Å². The van der Waals surface area contributed by atoms with Gasteiger partial charge in [0.05, 0.1) is 7.11 Å². The Morgan fingerprint density at radius 3 is 2.17 bits per heavy atom. The zero-order chi connectivity index (χ0) is 13.2. The van der Waals surface area contributed by atoms with Crippen molar-refractivity contribution in [1.29, 1.82) is 0 Å². The molecule has 0 bridgehead atoms. The van der Waals surface area contributed by atoms with Crippen LogP contribution in [0.1, 0.15) is 19.4 Å². The first kappa shape index (κ1) is 15.3. The highest BCUT2D eigenvalue weighted by molar-refractivity contribution is 7.98. The van der Waals surface area contributed by atoms with E-state index in [1.807, 2.05) is 37.7 Å². The Hall–Kier alpha value is -0.710. The third kappa shape index (κ3) is 5.76. The van der Waals surface area contributed by atoms with E-state index in [9.17, 15) is 0 Å². The molecule has 0 saturated carbocycles. The van der Waals surface area contributed by atoms with Crippen LogP contribution in [-0.4, -0.2) is 32.4 Å². The molecular formula is C14H22O3S. The molecule has 0 aliphatic rings. The zero-order valence-electron chi connectivity index (χ0n) is 11.3. The van der Waals surface area contributed by atoms with Crippen LogP contribution in [0.4, 0.5) is 0 Å². The highest BCUT2D eigenvalue weighted by atomic mass is 32.2. The summed E-state index contributed by atoms with van der Waals surface area (Å²) in [5, 5.41) is 0. The lowest BCUT2D eigenvalue weighted by molar-refractivity contribution is -0.120. The highest BCUT2D eigenvalue weighted by Gasteiger charge is 2.07. The second kappa shape index (κ2) is 9.25. The van der Waals surface area contributed by atoms with E-state index < -0.39 is 0 Å². The largest absolute Gasteiger partial charge is 0.497 e. The van der Waals surface area contributed by atoms with Gasteiger partial charge in [0.1, 0.15) is 5.75 Å². The molecule has 0 atom stereocenters. The fraction of sp³-hybridized carbons (Fsp3) is 0.571. The van der Waals surface area contributed by atoms with Gasteiger partial charge >= 0.3 is 0 Å². The van der Waals surface area contributed by atoms with E-state index in [-0.39, 0.29) is 6.29 Å². The lowest BCUT2D eigenvalue weighted by atomic mass is 10.2. The minimum atomic E-state index is -0.0942. The summed E-state index contributed by atoms with van der Waals surface area (Å²) in [5.41, 5.74) is 1.28. The van der Waals surface area contributed by atoms with Gasteiger partial charge in [0.15, 0.2) is 6.29 Å². The second-order valence-corrected chi connectivity index (χ2v) is 4.73. The summed E-state index contributed by atoms with van der Waals surface area (Å²) < 4.78 is 16.1. The first-order valence-corrected chi connectivity index (χ1v) is 7.39. The Morgan fingerprint density at radius 2 is 1.67 bits per heavy atom. The van der Waals surface area contributed by atoms with Gasteiger partial charge in [-0.15, -0.1) is 0 Å². The minimum absolute atomic E-state index is 0.0942. The average molecular weight is 270 g/mol. The zero-order valence-corrected chi connectivity index (χ0v) is 12.2. The van der Waals surface area contributed by atoms with E-state index in [2.05, 4.69) is 12.1 Å². The molecule has 0 amide bonds. The quantitative estimate of drug-likeness (QED) is 0.643. The van der Waals surface area contributed by atoms with Crippen LogP contribution < -0.4 is 4.74 Å².